The van der Waals surface area contributed by atoms with Crippen molar-refractivity contribution >= 4 is 21.8 Å². The molecule has 94 valence electrons. The maximum absolute atomic E-state index is 11.4. The Balaban J connectivity index is 4.48. The number of carbonyl (C=O) groups is 1. The van der Waals surface area contributed by atoms with Crippen LogP contribution in [0.3, 0.4) is 0 Å². The molecule has 0 bridgehead atoms. The second-order valence-corrected chi connectivity index (χ2v) is 5.81. The van der Waals surface area contributed by atoms with Crippen LogP contribution in [0.5, 0.6) is 0 Å². The summed E-state index contributed by atoms with van der Waals surface area (Å²) in [6, 6.07) is 0. The fourth-order valence-electron chi connectivity index (χ4n) is 0.905. The number of nitrogens with zero attached hydrogens (tertiary/aromatic N) is 1. The van der Waals surface area contributed by atoms with Crippen LogP contribution in [0.25, 0.3) is 0 Å². The molecule has 0 rings (SSSR count). The summed E-state index contributed by atoms with van der Waals surface area (Å²) in [6.45, 7) is 1.02. The molecule has 8 nitrogen and oxygen atoms in total. The lowest BCUT2D eigenvalue weighted by atomic mass is 10.1. The van der Waals surface area contributed by atoms with Crippen molar-refractivity contribution in [1.29, 1.82) is 0 Å². The quantitative estimate of drug-likeness (QED) is 0.299. The van der Waals surface area contributed by atoms with Gasteiger partial charge in [-0.1, -0.05) is 0 Å². The maximum atomic E-state index is 11.4. The molecule has 1 atom stereocenters. The van der Waals surface area contributed by atoms with Crippen LogP contribution >= 0.6 is 0 Å². The third kappa shape index (κ3) is 5.51. The molecule has 0 unspecified atom stereocenters. The number of guanidine groups is 1. The molecule has 0 aromatic heterocycles. The van der Waals surface area contributed by atoms with Crippen LogP contribution in [0.15, 0.2) is 4.99 Å². The molecule has 0 aliphatic heterocycles. The van der Waals surface area contributed by atoms with Gasteiger partial charge in [0.05, 0.1) is 18.1 Å². The molecule has 0 amide bonds. The molecule has 0 saturated heterocycles. The number of rotatable bonds is 6. The fraction of sp³-hybridized carbons (Fsp3) is 0.714. The minimum Gasteiger partial charge on any atom is -0.480 e. The van der Waals surface area contributed by atoms with Crippen molar-refractivity contribution in [3.63, 3.8) is 0 Å². The lowest BCUT2D eigenvalue weighted by Gasteiger charge is -2.18. The molecule has 0 aliphatic rings. The van der Waals surface area contributed by atoms with E-state index in [4.69, 9.17) is 22.3 Å². The lowest BCUT2D eigenvalue weighted by molar-refractivity contribution is -0.141. The first-order chi connectivity index (χ1) is 7.07. The maximum Gasteiger partial charge on any atom is 0.324 e. The van der Waals surface area contributed by atoms with Crippen LogP contribution in [0.2, 0.25) is 0 Å². The van der Waals surface area contributed by atoms with Gasteiger partial charge in [-0.25, -0.2) is 8.42 Å². The highest BCUT2D eigenvalue weighted by Gasteiger charge is 2.33. The van der Waals surface area contributed by atoms with Gasteiger partial charge in [-0.05, 0) is 6.92 Å². The number of nitrogens with two attached hydrogens (primary N) is 3. The highest BCUT2D eigenvalue weighted by atomic mass is 32.2. The molecule has 9 heteroatoms. The van der Waals surface area contributed by atoms with Gasteiger partial charge in [-0.2, -0.15) is 0 Å². The minimum atomic E-state index is -3.60. The Bertz CT molecular complexity index is 383. The molecule has 7 N–H and O–H groups in total. The number of sulfone groups is 1. The highest BCUT2D eigenvalue weighted by Crippen LogP contribution is 2.05. The van der Waals surface area contributed by atoms with Crippen molar-refractivity contribution in [2.24, 2.45) is 22.2 Å². The predicted molar refractivity (Wildman–Crippen MR) is 59.6 cm³/mol. The summed E-state index contributed by atoms with van der Waals surface area (Å²) in [6.07, 6.45) is 0. The zero-order chi connectivity index (χ0) is 13.0. The Morgan fingerprint density at radius 2 is 1.94 bits per heavy atom. The van der Waals surface area contributed by atoms with Gasteiger partial charge in [-0.3, -0.25) is 9.79 Å². The molecule has 0 heterocycles. The van der Waals surface area contributed by atoms with E-state index in [2.05, 4.69) is 4.99 Å². The largest absolute Gasteiger partial charge is 0.480 e. The first kappa shape index (κ1) is 14.6. The number of aliphatic carboxylic acids is 1. The van der Waals surface area contributed by atoms with Crippen LogP contribution in [0, 0.1) is 0 Å². The van der Waals surface area contributed by atoms with Crippen LogP contribution in [0.1, 0.15) is 6.92 Å². The molecule has 0 saturated carbocycles. The molecule has 0 aromatic rings. The van der Waals surface area contributed by atoms with E-state index in [1.54, 1.807) is 0 Å². The molecule has 0 aliphatic carbocycles. The summed E-state index contributed by atoms with van der Waals surface area (Å²) in [5, 5.41) is 8.66. The lowest BCUT2D eigenvalue weighted by Crippen LogP contribution is -2.51. The molecular formula is C7H16N4O4S. The van der Waals surface area contributed by atoms with Crippen LogP contribution in [0.4, 0.5) is 0 Å². The van der Waals surface area contributed by atoms with Gasteiger partial charge in [0.25, 0.3) is 0 Å². The Morgan fingerprint density at radius 1 is 1.44 bits per heavy atom. The van der Waals surface area contributed by atoms with E-state index in [9.17, 15) is 13.2 Å². The number of hydrogen-bond donors (Lipinski definition) is 4. The second-order valence-electron chi connectivity index (χ2n) is 3.62. The third-order valence-corrected chi connectivity index (χ3v) is 3.55. The summed E-state index contributed by atoms with van der Waals surface area (Å²) < 4.78 is 22.9. The summed E-state index contributed by atoms with van der Waals surface area (Å²) in [4.78, 5) is 14.1. The molecule has 0 radical (unpaired) electrons. The zero-order valence-electron chi connectivity index (χ0n) is 8.88. The topological polar surface area (TPSA) is 162 Å². The monoisotopic (exact) mass is 252 g/mol. The molecule has 0 spiro atoms. The van der Waals surface area contributed by atoms with Gasteiger partial charge in [0.1, 0.15) is 5.54 Å². The molecule has 0 aromatic carbocycles. The van der Waals surface area contributed by atoms with E-state index in [1.807, 2.05) is 0 Å². The zero-order valence-corrected chi connectivity index (χ0v) is 9.70. The average Bonchev–Trinajstić information content (AvgIpc) is 1.99. The predicted octanol–water partition coefficient (Wildman–Crippen LogP) is -2.52. The van der Waals surface area contributed by atoms with Gasteiger partial charge >= 0.3 is 5.97 Å². The Labute approximate surface area is 93.4 Å². The molecule has 16 heavy (non-hydrogen) atoms. The van der Waals surface area contributed by atoms with Gasteiger partial charge in [0.2, 0.25) is 0 Å². The number of aliphatic imine (C=N–C) groups is 1. The summed E-state index contributed by atoms with van der Waals surface area (Å²) >= 11 is 0. The first-order valence-corrected chi connectivity index (χ1v) is 6.17. The Kier molecular flexibility index (Phi) is 4.69. The van der Waals surface area contributed by atoms with Crippen molar-refractivity contribution in [1.82, 2.24) is 0 Å². The smallest absolute Gasteiger partial charge is 0.324 e. The van der Waals surface area contributed by atoms with Crippen molar-refractivity contribution in [2.75, 3.05) is 18.1 Å². The highest BCUT2D eigenvalue weighted by molar-refractivity contribution is 7.91. The van der Waals surface area contributed by atoms with Gasteiger partial charge in [0.15, 0.2) is 15.8 Å². The third-order valence-electron chi connectivity index (χ3n) is 1.70. The Hall–Kier alpha value is -1.35. The molecule has 0 fully saturated rings. The number of carboxylic acid groups (broad SMARTS) is 1. The minimum absolute atomic E-state index is 0.111. The normalized spacial score (nSPS) is 15.1. The average molecular weight is 252 g/mol. The van der Waals surface area contributed by atoms with E-state index >= 15 is 0 Å². The van der Waals surface area contributed by atoms with Crippen molar-refractivity contribution in [3.05, 3.63) is 0 Å². The van der Waals surface area contributed by atoms with E-state index in [-0.39, 0.29) is 18.3 Å². The van der Waals surface area contributed by atoms with E-state index in [0.29, 0.717) is 0 Å². The second kappa shape index (κ2) is 5.12. The standard InChI is InChI=1S/C7H16N4O4S/c1-7(10,5(12)13)4-16(14,15)3-2-11-6(8)9/h2-4,10H2,1H3,(H,12,13)(H4,8,9,11)/t7-/m0/s1. The van der Waals surface area contributed by atoms with Crippen molar-refractivity contribution < 1.29 is 18.3 Å². The van der Waals surface area contributed by atoms with E-state index in [0.717, 1.165) is 6.92 Å². The summed E-state index contributed by atoms with van der Waals surface area (Å²) in [5.41, 5.74) is 13.5. The van der Waals surface area contributed by atoms with Crippen molar-refractivity contribution in [3.8, 4) is 0 Å². The fourth-order valence-corrected chi connectivity index (χ4v) is 2.46. The van der Waals surface area contributed by atoms with Crippen LogP contribution in [-0.2, 0) is 14.6 Å². The van der Waals surface area contributed by atoms with Gasteiger partial charge in [0, 0.05) is 0 Å². The van der Waals surface area contributed by atoms with Gasteiger partial charge in [-0.15, -0.1) is 0 Å². The van der Waals surface area contributed by atoms with E-state index in [1.165, 1.54) is 0 Å². The number of carboxylic acids is 1. The first-order valence-electron chi connectivity index (χ1n) is 4.35. The summed E-state index contributed by atoms with van der Waals surface area (Å²) in [7, 11) is -3.60. The summed E-state index contributed by atoms with van der Waals surface area (Å²) in [5.74, 6) is -2.60. The SMILES string of the molecule is C[C@](N)(CS(=O)(=O)CCN=C(N)N)C(=O)O. The van der Waals surface area contributed by atoms with Gasteiger partial charge < -0.3 is 22.3 Å². The van der Waals surface area contributed by atoms with E-state index < -0.39 is 27.1 Å². The van der Waals surface area contributed by atoms with Crippen LogP contribution in [-0.4, -0.2) is 49.0 Å². The number of hydrogen-bond acceptors (Lipinski definition) is 5. The molecular weight excluding hydrogens is 236 g/mol. The van der Waals surface area contributed by atoms with Crippen LogP contribution < -0.4 is 17.2 Å². The van der Waals surface area contributed by atoms with Crippen molar-refractivity contribution in [2.45, 2.75) is 12.5 Å². The Morgan fingerprint density at radius 3 is 2.31 bits per heavy atom.